The summed E-state index contributed by atoms with van der Waals surface area (Å²) in [4.78, 5) is 22.0. The van der Waals surface area contributed by atoms with Gasteiger partial charge < -0.3 is 9.80 Å². The van der Waals surface area contributed by atoms with Crippen molar-refractivity contribution in [2.75, 3.05) is 51.7 Å². The van der Waals surface area contributed by atoms with Crippen molar-refractivity contribution in [1.82, 2.24) is 14.8 Å². The van der Waals surface area contributed by atoms with Gasteiger partial charge in [-0.2, -0.15) is 5.26 Å². The standard InChI is InChI=1S/C14H19N5O/c1-17(2)14(20)12-3-4-13(16-11-12)19-9-7-18(6-5-15)8-10-19/h3-4,11H,6-10H2,1-2H3. The number of carbonyl (C=O) groups excluding carboxylic acids is 1. The zero-order valence-corrected chi connectivity index (χ0v) is 11.9. The quantitative estimate of drug-likeness (QED) is 0.747. The fourth-order valence-corrected chi connectivity index (χ4v) is 2.19. The Morgan fingerprint density at radius 1 is 1.35 bits per heavy atom. The van der Waals surface area contributed by atoms with Crippen molar-refractivity contribution in [2.24, 2.45) is 0 Å². The van der Waals surface area contributed by atoms with Gasteiger partial charge in [0, 0.05) is 46.5 Å². The molecule has 0 atom stereocenters. The van der Waals surface area contributed by atoms with Gasteiger partial charge in [0.15, 0.2) is 0 Å². The highest BCUT2D eigenvalue weighted by Crippen LogP contribution is 2.14. The number of nitrogens with zero attached hydrogens (tertiary/aromatic N) is 5. The van der Waals surface area contributed by atoms with Crippen LogP contribution in [-0.4, -0.2) is 67.5 Å². The SMILES string of the molecule is CN(C)C(=O)c1ccc(N2CCN(CC#N)CC2)nc1. The lowest BCUT2D eigenvalue weighted by atomic mass is 10.2. The average molecular weight is 273 g/mol. The largest absolute Gasteiger partial charge is 0.354 e. The minimum Gasteiger partial charge on any atom is -0.354 e. The Hall–Kier alpha value is -2.13. The number of hydrogen-bond acceptors (Lipinski definition) is 5. The van der Waals surface area contributed by atoms with Crippen molar-refractivity contribution in [3.63, 3.8) is 0 Å². The molecule has 2 heterocycles. The zero-order valence-electron chi connectivity index (χ0n) is 11.9. The number of amides is 1. The second kappa shape index (κ2) is 6.35. The maximum absolute atomic E-state index is 11.8. The first-order chi connectivity index (χ1) is 9.61. The number of carbonyl (C=O) groups is 1. The van der Waals surface area contributed by atoms with Gasteiger partial charge in [-0.1, -0.05) is 0 Å². The molecule has 0 aliphatic carbocycles. The minimum absolute atomic E-state index is 0.0390. The first-order valence-corrected chi connectivity index (χ1v) is 6.64. The smallest absolute Gasteiger partial charge is 0.254 e. The van der Waals surface area contributed by atoms with Gasteiger partial charge in [0.1, 0.15) is 5.82 Å². The third-order valence-electron chi connectivity index (χ3n) is 3.39. The first kappa shape index (κ1) is 14.3. The van der Waals surface area contributed by atoms with Crippen LogP contribution in [0.25, 0.3) is 0 Å². The summed E-state index contributed by atoms with van der Waals surface area (Å²) in [6, 6.07) is 5.87. The maximum atomic E-state index is 11.8. The molecule has 2 rings (SSSR count). The predicted octanol–water partition coefficient (Wildman–Crippen LogP) is 0.429. The summed E-state index contributed by atoms with van der Waals surface area (Å²) in [5.41, 5.74) is 0.599. The van der Waals surface area contributed by atoms with E-state index < -0.39 is 0 Å². The molecular formula is C14H19N5O. The fourth-order valence-electron chi connectivity index (χ4n) is 2.19. The Morgan fingerprint density at radius 2 is 2.05 bits per heavy atom. The molecule has 0 bridgehead atoms. The maximum Gasteiger partial charge on any atom is 0.254 e. The molecule has 1 aromatic rings. The molecule has 1 aromatic heterocycles. The van der Waals surface area contributed by atoms with E-state index in [0.29, 0.717) is 12.1 Å². The van der Waals surface area contributed by atoms with Gasteiger partial charge in [0.25, 0.3) is 5.91 Å². The third-order valence-corrected chi connectivity index (χ3v) is 3.39. The van der Waals surface area contributed by atoms with Crippen molar-refractivity contribution in [1.29, 1.82) is 5.26 Å². The van der Waals surface area contributed by atoms with Gasteiger partial charge >= 0.3 is 0 Å². The Morgan fingerprint density at radius 3 is 2.55 bits per heavy atom. The lowest BCUT2D eigenvalue weighted by Gasteiger charge is -2.34. The summed E-state index contributed by atoms with van der Waals surface area (Å²) >= 11 is 0. The van der Waals surface area contributed by atoms with Crippen molar-refractivity contribution in [3.05, 3.63) is 23.9 Å². The van der Waals surface area contributed by atoms with Crippen LogP contribution in [0.4, 0.5) is 5.82 Å². The number of pyridine rings is 1. The van der Waals surface area contributed by atoms with Crippen molar-refractivity contribution in [2.45, 2.75) is 0 Å². The van der Waals surface area contributed by atoms with Gasteiger partial charge in [-0.05, 0) is 12.1 Å². The average Bonchev–Trinajstić information content (AvgIpc) is 2.48. The number of aromatic nitrogens is 1. The molecule has 1 aliphatic heterocycles. The molecule has 1 aliphatic rings. The number of hydrogen-bond donors (Lipinski definition) is 0. The van der Waals surface area contributed by atoms with Crippen molar-refractivity contribution in [3.8, 4) is 6.07 Å². The van der Waals surface area contributed by atoms with Crippen LogP contribution in [0.1, 0.15) is 10.4 Å². The molecule has 20 heavy (non-hydrogen) atoms. The van der Waals surface area contributed by atoms with Crippen LogP contribution in [0, 0.1) is 11.3 Å². The molecule has 1 amide bonds. The van der Waals surface area contributed by atoms with E-state index in [1.54, 1.807) is 20.3 Å². The normalized spacial score (nSPS) is 15.8. The molecule has 106 valence electrons. The van der Waals surface area contributed by atoms with Gasteiger partial charge in [-0.25, -0.2) is 4.98 Å². The topological polar surface area (TPSA) is 63.5 Å². The predicted molar refractivity (Wildman–Crippen MR) is 76.5 cm³/mol. The molecule has 0 aromatic carbocycles. The number of piperazine rings is 1. The number of rotatable bonds is 3. The van der Waals surface area contributed by atoms with Gasteiger partial charge in [0.2, 0.25) is 0 Å². The van der Waals surface area contributed by atoms with Crippen molar-refractivity contribution >= 4 is 11.7 Å². The summed E-state index contributed by atoms with van der Waals surface area (Å²) in [5.74, 6) is 0.847. The highest BCUT2D eigenvalue weighted by molar-refractivity contribution is 5.93. The lowest BCUT2D eigenvalue weighted by Crippen LogP contribution is -2.46. The van der Waals surface area contributed by atoms with Crippen LogP contribution in [0.2, 0.25) is 0 Å². The van der Waals surface area contributed by atoms with Crippen LogP contribution in [0.5, 0.6) is 0 Å². The Balaban J connectivity index is 1.98. The van der Waals surface area contributed by atoms with E-state index in [1.165, 1.54) is 4.90 Å². The molecule has 0 saturated carbocycles. The molecule has 0 radical (unpaired) electrons. The summed E-state index contributed by atoms with van der Waals surface area (Å²) in [6.45, 7) is 3.93. The molecule has 0 spiro atoms. The Bertz CT molecular complexity index is 497. The van der Waals surface area contributed by atoms with Crippen molar-refractivity contribution < 1.29 is 4.79 Å². The van der Waals surface area contributed by atoms with E-state index in [2.05, 4.69) is 20.9 Å². The van der Waals surface area contributed by atoms with Gasteiger partial charge in [0.05, 0.1) is 18.2 Å². The van der Waals surface area contributed by atoms with Crippen LogP contribution < -0.4 is 4.90 Å². The third kappa shape index (κ3) is 3.25. The molecular weight excluding hydrogens is 254 g/mol. The minimum atomic E-state index is -0.0390. The van der Waals surface area contributed by atoms with E-state index in [0.717, 1.165) is 32.0 Å². The summed E-state index contributed by atoms with van der Waals surface area (Å²) in [5, 5.41) is 8.68. The number of nitriles is 1. The van der Waals surface area contributed by atoms with Crippen LogP contribution >= 0.6 is 0 Å². The molecule has 0 unspecified atom stereocenters. The van der Waals surface area contributed by atoms with Crippen LogP contribution in [0.3, 0.4) is 0 Å². The first-order valence-electron chi connectivity index (χ1n) is 6.64. The number of anilines is 1. The van der Waals surface area contributed by atoms with Crippen LogP contribution in [-0.2, 0) is 0 Å². The molecule has 1 saturated heterocycles. The van der Waals surface area contributed by atoms with E-state index in [9.17, 15) is 4.79 Å². The fraction of sp³-hybridized carbons (Fsp3) is 0.500. The van der Waals surface area contributed by atoms with E-state index in [-0.39, 0.29) is 5.91 Å². The summed E-state index contributed by atoms with van der Waals surface area (Å²) in [6.07, 6.45) is 1.62. The van der Waals surface area contributed by atoms with Gasteiger partial charge in [-0.15, -0.1) is 0 Å². The second-order valence-corrected chi connectivity index (χ2v) is 5.03. The molecule has 1 fully saturated rings. The van der Waals surface area contributed by atoms with E-state index in [4.69, 9.17) is 5.26 Å². The van der Waals surface area contributed by atoms with E-state index >= 15 is 0 Å². The monoisotopic (exact) mass is 273 g/mol. The van der Waals surface area contributed by atoms with Gasteiger partial charge in [-0.3, -0.25) is 9.69 Å². The summed E-state index contributed by atoms with van der Waals surface area (Å²) < 4.78 is 0. The van der Waals surface area contributed by atoms with E-state index in [1.807, 2.05) is 12.1 Å². The second-order valence-electron chi connectivity index (χ2n) is 5.03. The Labute approximate surface area is 119 Å². The Kier molecular flexibility index (Phi) is 4.53. The highest BCUT2D eigenvalue weighted by atomic mass is 16.2. The molecule has 0 N–H and O–H groups in total. The summed E-state index contributed by atoms with van der Waals surface area (Å²) in [7, 11) is 3.45. The van der Waals surface area contributed by atoms with Crippen LogP contribution in [0.15, 0.2) is 18.3 Å². The lowest BCUT2D eigenvalue weighted by molar-refractivity contribution is 0.0827. The highest BCUT2D eigenvalue weighted by Gasteiger charge is 2.18. The zero-order chi connectivity index (χ0) is 14.5. The molecule has 6 heteroatoms. The molecule has 6 nitrogen and oxygen atoms in total.